The molecule has 0 bridgehead atoms. The predicted octanol–water partition coefficient (Wildman–Crippen LogP) is 1.95. The highest BCUT2D eigenvalue weighted by molar-refractivity contribution is 5.80. The number of aryl methyl sites for hydroxylation is 3. The van der Waals surface area contributed by atoms with E-state index >= 15 is 0 Å². The molecule has 1 heterocycles. The van der Waals surface area contributed by atoms with Crippen molar-refractivity contribution in [2.75, 3.05) is 13.6 Å². The predicted molar refractivity (Wildman–Crippen MR) is 67.8 cm³/mol. The summed E-state index contributed by atoms with van der Waals surface area (Å²) in [6.07, 6.45) is 0.972. The SMILES string of the molecule is CNCCc1nc2c(C)cc(C)cc2n1C. The van der Waals surface area contributed by atoms with Gasteiger partial charge in [0.2, 0.25) is 0 Å². The van der Waals surface area contributed by atoms with Gasteiger partial charge >= 0.3 is 0 Å². The lowest BCUT2D eigenvalue weighted by molar-refractivity contribution is 0.726. The minimum atomic E-state index is 0.967. The zero-order valence-corrected chi connectivity index (χ0v) is 10.5. The highest BCUT2D eigenvalue weighted by atomic mass is 15.1. The van der Waals surface area contributed by atoms with Crippen molar-refractivity contribution in [1.29, 1.82) is 0 Å². The molecule has 0 saturated carbocycles. The van der Waals surface area contributed by atoms with Crippen LogP contribution in [0, 0.1) is 13.8 Å². The van der Waals surface area contributed by atoms with Crippen LogP contribution in [-0.4, -0.2) is 23.1 Å². The summed E-state index contributed by atoms with van der Waals surface area (Å²) in [5.41, 5.74) is 4.94. The van der Waals surface area contributed by atoms with Gasteiger partial charge in [-0.15, -0.1) is 0 Å². The molecule has 1 aromatic carbocycles. The monoisotopic (exact) mass is 217 g/mol. The van der Waals surface area contributed by atoms with Gasteiger partial charge in [-0.2, -0.15) is 0 Å². The van der Waals surface area contributed by atoms with Crippen LogP contribution in [0.4, 0.5) is 0 Å². The van der Waals surface area contributed by atoms with Crippen LogP contribution in [0.2, 0.25) is 0 Å². The largest absolute Gasteiger partial charge is 0.331 e. The molecule has 0 amide bonds. The molecule has 0 fully saturated rings. The van der Waals surface area contributed by atoms with E-state index in [2.05, 4.69) is 42.9 Å². The van der Waals surface area contributed by atoms with Crippen molar-refractivity contribution in [3.63, 3.8) is 0 Å². The lowest BCUT2D eigenvalue weighted by Crippen LogP contribution is -2.12. The van der Waals surface area contributed by atoms with Crippen LogP contribution in [0.3, 0.4) is 0 Å². The maximum absolute atomic E-state index is 4.71. The van der Waals surface area contributed by atoms with Gasteiger partial charge in [-0.3, -0.25) is 0 Å². The van der Waals surface area contributed by atoms with Crippen LogP contribution in [-0.2, 0) is 13.5 Å². The maximum Gasteiger partial charge on any atom is 0.110 e. The molecule has 0 aliphatic heterocycles. The molecule has 16 heavy (non-hydrogen) atoms. The van der Waals surface area contributed by atoms with Crippen LogP contribution >= 0.6 is 0 Å². The third-order valence-corrected chi connectivity index (χ3v) is 3.01. The Morgan fingerprint density at radius 3 is 2.75 bits per heavy atom. The molecule has 1 aromatic heterocycles. The second-order valence-corrected chi connectivity index (χ2v) is 4.39. The molecule has 0 spiro atoms. The number of hydrogen-bond acceptors (Lipinski definition) is 2. The van der Waals surface area contributed by atoms with E-state index in [-0.39, 0.29) is 0 Å². The second-order valence-electron chi connectivity index (χ2n) is 4.39. The first-order valence-electron chi connectivity index (χ1n) is 5.70. The van der Waals surface area contributed by atoms with Gasteiger partial charge in [0.25, 0.3) is 0 Å². The summed E-state index contributed by atoms with van der Waals surface area (Å²) < 4.78 is 2.20. The standard InChI is InChI=1S/C13H19N3/c1-9-7-10(2)13-11(8-9)16(4)12(15-13)5-6-14-3/h7-8,14H,5-6H2,1-4H3. The van der Waals surface area contributed by atoms with E-state index in [0.717, 1.165) is 24.3 Å². The van der Waals surface area contributed by atoms with Gasteiger partial charge in [-0.25, -0.2) is 4.98 Å². The first kappa shape index (κ1) is 11.1. The lowest BCUT2D eigenvalue weighted by atomic mass is 10.1. The third-order valence-electron chi connectivity index (χ3n) is 3.01. The highest BCUT2D eigenvalue weighted by Gasteiger charge is 2.09. The zero-order valence-electron chi connectivity index (χ0n) is 10.5. The van der Waals surface area contributed by atoms with Gasteiger partial charge in [0, 0.05) is 20.0 Å². The Kier molecular flexibility index (Phi) is 2.97. The topological polar surface area (TPSA) is 29.9 Å². The molecule has 0 aliphatic carbocycles. The Hall–Kier alpha value is -1.35. The normalized spacial score (nSPS) is 11.2. The Morgan fingerprint density at radius 1 is 1.31 bits per heavy atom. The van der Waals surface area contributed by atoms with Crippen molar-refractivity contribution < 1.29 is 0 Å². The summed E-state index contributed by atoms with van der Waals surface area (Å²) in [5, 5.41) is 3.16. The number of likely N-dealkylation sites (N-methyl/N-ethyl adjacent to an activating group) is 1. The van der Waals surface area contributed by atoms with E-state index in [1.165, 1.54) is 16.6 Å². The van der Waals surface area contributed by atoms with E-state index in [9.17, 15) is 0 Å². The average Bonchev–Trinajstić information content (AvgIpc) is 2.54. The van der Waals surface area contributed by atoms with Crippen LogP contribution in [0.1, 0.15) is 17.0 Å². The van der Waals surface area contributed by atoms with Crippen molar-refractivity contribution in [2.24, 2.45) is 7.05 Å². The summed E-state index contributed by atoms with van der Waals surface area (Å²) in [4.78, 5) is 4.71. The van der Waals surface area contributed by atoms with E-state index in [4.69, 9.17) is 4.98 Å². The number of nitrogens with one attached hydrogen (secondary N) is 1. The van der Waals surface area contributed by atoms with E-state index in [1.807, 2.05) is 7.05 Å². The summed E-state index contributed by atoms with van der Waals surface area (Å²) >= 11 is 0. The number of benzene rings is 1. The lowest BCUT2D eigenvalue weighted by Gasteiger charge is -2.02. The Morgan fingerprint density at radius 2 is 2.06 bits per heavy atom. The van der Waals surface area contributed by atoms with E-state index in [1.54, 1.807) is 0 Å². The quantitative estimate of drug-likeness (QED) is 0.851. The van der Waals surface area contributed by atoms with Crippen molar-refractivity contribution in [2.45, 2.75) is 20.3 Å². The van der Waals surface area contributed by atoms with Gasteiger partial charge in [-0.1, -0.05) is 6.07 Å². The minimum Gasteiger partial charge on any atom is -0.331 e. The average molecular weight is 217 g/mol. The van der Waals surface area contributed by atoms with Crippen LogP contribution in [0.5, 0.6) is 0 Å². The molecule has 2 aromatic rings. The number of imidazole rings is 1. The number of hydrogen-bond donors (Lipinski definition) is 1. The smallest absolute Gasteiger partial charge is 0.110 e. The molecule has 2 rings (SSSR count). The van der Waals surface area contributed by atoms with Gasteiger partial charge in [0.1, 0.15) is 5.82 Å². The van der Waals surface area contributed by atoms with Crippen molar-refractivity contribution in [1.82, 2.24) is 14.9 Å². The summed E-state index contributed by atoms with van der Waals surface area (Å²) in [7, 11) is 4.07. The number of nitrogens with zero attached hydrogens (tertiary/aromatic N) is 2. The molecule has 3 heteroatoms. The zero-order chi connectivity index (χ0) is 11.7. The molecule has 86 valence electrons. The van der Waals surface area contributed by atoms with Crippen LogP contribution in [0.15, 0.2) is 12.1 Å². The van der Waals surface area contributed by atoms with Gasteiger partial charge in [0.05, 0.1) is 11.0 Å². The summed E-state index contributed by atoms with van der Waals surface area (Å²) in [6.45, 7) is 5.23. The molecule has 0 unspecified atom stereocenters. The maximum atomic E-state index is 4.71. The van der Waals surface area contributed by atoms with E-state index < -0.39 is 0 Å². The summed E-state index contributed by atoms with van der Waals surface area (Å²) in [5.74, 6) is 1.15. The fourth-order valence-electron chi connectivity index (χ4n) is 2.14. The molecule has 0 atom stereocenters. The van der Waals surface area contributed by atoms with Crippen LogP contribution < -0.4 is 5.32 Å². The van der Waals surface area contributed by atoms with Gasteiger partial charge < -0.3 is 9.88 Å². The third kappa shape index (κ3) is 1.83. The Balaban J connectivity index is 2.54. The Bertz CT molecular complexity index is 511. The molecule has 1 N–H and O–H groups in total. The van der Waals surface area contributed by atoms with E-state index in [0.29, 0.717) is 0 Å². The number of fused-ring (bicyclic) bond motifs is 1. The molecule has 0 radical (unpaired) electrons. The molecular weight excluding hydrogens is 198 g/mol. The van der Waals surface area contributed by atoms with Gasteiger partial charge in [-0.05, 0) is 38.1 Å². The van der Waals surface area contributed by atoms with Crippen molar-refractivity contribution in [3.8, 4) is 0 Å². The summed E-state index contributed by atoms with van der Waals surface area (Å²) in [6, 6.07) is 4.40. The van der Waals surface area contributed by atoms with Gasteiger partial charge in [0.15, 0.2) is 0 Å². The van der Waals surface area contributed by atoms with Crippen LogP contribution in [0.25, 0.3) is 11.0 Å². The first-order chi connectivity index (χ1) is 7.63. The molecule has 3 nitrogen and oxygen atoms in total. The number of aromatic nitrogens is 2. The Labute approximate surface area is 96.5 Å². The fourth-order valence-corrected chi connectivity index (χ4v) is 2.14. The fraction of sp³-hybridized carbons (Fsp3) is 0.462. The van der Waals surface area contributed by atoms with Crippen molar-refractivity contribution >= 4 is 11.0 Å². The first-order valence-corrected chi connectivity index (χ1v) is 5.70. The molecule has 0 aliphatic rings. The van der Waals surface area contributed by atoms with Crippen molar-refractivity contribution in [3.05, 3.63) is 29.1 Å². The second kappa shape index (κ2) is 4.26. The minimum absolute atomic E-state index is 0.967. The molecule has 0 saturated heterocycles. The number of rotatable bonds is 3. The molecular formula is C13H19N3. The highest BCUT2D eigenvalue weighted by Crippen LogP contribution is 2.20.